The highest BCUT2D eigenvalue weighted by Gasteiger charge is 2.32. The molecule has 2 unspecified atom stereocenters. The van der Waals surface area contributed by atoms with Gasteiger partial charge in [0.25, 0.3) is 6.02 Å². The molecule has 0 aromatic heterocycles. The molecule has 0 fully saturated rings. The zero-order chi connectivity index (χ0) is 13.8. The van der Waals surface area contributed by atoms with E-state index in [1.165, 1.54) is 0 Å². The van der Waals surface area contributed by atoms with Gasteiger partial charge >= 0.3 is 0 Å². The van der Waals surface area contributed by atoms with Gasteiger partial charge in [-0.2, -0.15) is 0 Å². The molecule has 3 nitrogen and oxygen atoms in total. The zero-order valence-electron chi connectivity index (χ0n) is 10.2. The second-order valence-corrected chi connectivity index (χ2v) is 4.45. The number of aliphatic imine (C=N–C) groups is 1. The summed E-state index contributed by atoms with van der Waals surface area (Å²) in [4.78, 5) is 3.75. The van der Waals surface area contributed by atoms with Crippen LogP contribution in [0.4, 0.5) is 13.2 Å². The molecular formula is C13H15F3N2O. The van der Waals surface area contributed by atoms with Crippen LogP contribution in [-0.2, 0) is 4.74 Å². The average molecular weight is 272 g/mol. The van der Waals surface area contributed by atoms with Crippen molar-refractivity contribution in [3.8, 4) is 0 Å². The molecule has 0 aliphatic carbocycles. The van der Waals surface area contributed by atoms with Gasteiger partial charge in [0.1, 0.15) is 18.8 Å². The van der Waals surface area contributed by atoms with Gasteiger partial charge in [-0.05, 0) is 12.0 Å². The van der Waals surface area contributed by atoms with Crippen molar-refractivity contribution >= 4 is 6.02 Å². The predicted molar refractivity (Wildman–Crippen MR) is 66.1 cm³/mol. The molecule has 1 heterocycles. The third kappa shape index (κ3) is 3.39. The first kappa shape index (κ1) is 13.7. The van der Waals surface area contributed by atoms with Crippen molar-refractivity contribution in [2.75, 3.05) is 6.61 Å². The van der Waals surface area contributed by atoms with Gasteiger partial charge in [-0.25, -0.2) is 18.2 Å². The van der Waals surface area contributed by atoms with E-state index in [1.807, 2.05) is 0 Å². The second kappa shape index (κ2) is 5.95. The van der Waals surface area contributed by atoms with E-state index in [-0.39, 0.29) is 19.0 Å². The summed E-state index contributed by atoms with van der Waals surface area (Å²) in [6, 6.07) is 7.33. The summed E-state index contributed by atoms with van der Waals surface area (Å²) < 4.78 is 44.9. The van der Waals surface area contributed by atoms with Crippen LogP contribution in [0.5, 0.6) is 0 Å². The third-order valence-corrected chi connectivity index (χ3v) is 3.12. The van der Waals surface area contributed by atoms with Crippen molar-refractivity contribution in [2.24, 2.45) is 10.7 Å². The number of nitrogens with zero attached hydrogens (tertiary/aromatic N) is 1. The Morgan fingerprint density at radius 1 is 1.26 bits per heavy atom. The van der Waals surface area contributed by atoms with E-state index >= 15 is 0 Å². The van der Waals surface area contributed by atoms with E-state index in [4.69, 9.17) is 10.5 Å². The quantitative estimate of drug-likeness (QED) is 0.895. The highest BCUT2D eigenvalue weighted by Crippen LogP contribution is 2.30. The van der Waals surface area contributed by atoms with Gasteiger partial charge in [-0.3, -0.25) is 0 Å². The van der Waals surface area contributed by atoms with Gasteiger partial charge in [0.05, 0.1) is 0 Å². The molecule has 2 rings (SSSR count). The number of halogens is 3. The molecule has 1 aromatic rings. The van der Waals surface area contributed by atoms with E-state index in [2.05, 4.69) is 4.99 Å². The van der Waals surface area contributed by atoms with Crippen molar-refractivity contribution in [1.29, 1.82) is 0 Å². The normalized spacial score (nSPS) is 21.9. The second-order valence-electron chi connectivity index (χ2n) is 4.45. The maximum atomic E-state index is 14.0. The Bertz CT molecular complexity index is 439. The van der Waals surface area contributed by atoms with Crippen molar-refractivity contribution < 1.29 is 17.9 Å². The summed E-state index contributed by atoms with van der Waals surface area (Å²) in [5.41, 5.74) is 5.70. The van der Waals surface area contributed by atoms with Crippen LogP contribution in [0.25, 0.3) is 0 Å². The molecule has 0 radical (unpaired) electrons. The lowest BCUT2D eigenvalue weighted by atomic mass is 9.92. The summed E-state index contributed by atoms with van der Waals surface area (Å²) >= 11 is 0. The number of nitrogens with two attached hydrogens (primary N) is 1. The van der Waals surface area contributed by atoms with Crippen LogP contribution >= 0.6 is 0 Å². The van der Waals surface area contributed by atoms with Gasteiger partial charge in [0, 0.05) is 5.92 Å². The Kier molecular flexibility index (Phi) is 4.29. The molecule has 104 valence electrons. The first-order chi connectivity index (χ1) is 9.08. The number of amidine groups is 1. The van der Waals surface area contributed by atoms with Crippen LogP contribution in [-0.4, -0.2) is 31.3 Å². The number of ether oxygens (including phenoxy) is 1. The molecule has 1 aliphatic rings. The molecule has 2 N–H and O–H groups in total. The minimum absolute atomic E-state index is 0.0117. The monoisotopic (exact) mass is 272 g/mol. The van der Waals surface area contributed by atoms with Gasteiger partial charge in [-0.1, -0.05) is 30.3 Å². The molecule has 0 saturated heterocycles. The molecule has 3 atom stereocenters. The summed E-state index contributed by atoms with van der Waals surface area (Å²) in [5.74, 6) is -1.15. The molecule has 19 heavy (non-hydrogen) atoms. The number of hydrogen-bond donors (Lipinski definition) is 1. The van der Waals surface area contributed by atoms with Crippen molar-refractivity contribution in [1.82, 2.24) is 0 Å². The smallest absolute Gasteiger partial charge is 0.282 e. The van der Waals surface area contributed by atoms with Crippen LogP contribution in [0.15, 0.2) is 35.3 Å². The fourth-order valence-electron chi connectivity index (χ4n) is 2.08. The lowest BCUT2D eigenvalue weighted by Crippen LogP contribution is -2.26. The minimum atomic E-state index is -2.62. The van der Waals surface area contributed by atoms with Crippen LogP contribution < -0.4 is 5.73 Å². The van der Waals surface area contributed by atoms with Crippen molar-refractivity contribution in [3.05, 3.63) is 35.9 Å². The Balaban J connectivity index is 2.05. The first-order valence-corrected chi connectivity index (χ1v) is 6.01. The van der Waals surface area contributed by atoms with E-state index in [1.54, 1.807) is 30.3 Å². The van der Waals surface area contributed by atoms with Crippen molar-refractivity contribution in [2.45, 2.75) is 31.0 Å². The maximum absolute atomic E-state index is 14.0. The standard InChI is InChI=1S/C13H15F3N2O/c14-10(11-7-19-13(17)18-11)6-9(12(15)16)8-4-2-1-3-5-8/h1-5,9-12H,6-7H2,(H2,17,18)/t9?,10?,11-/m0/s1. The van der Waals surface area contributed by atoms with Gasteiger partial charge in [-0.15, -0.1) is 0 Å². The van der Waals surface area contributed by atoms with E-state index in [0.29, 0.717) is 5.56 Å². The maximum Gasteiger partial charge on any atom is 0.282 e. The fourth-order valence-corrected chi connectivity index (χ4v) is 2.08. The molecule has 0 spiro atoms. The number of benzene rings is 1. The fraction of sp³-hybridized carbons (Fsp3) is 0.462. The van der Waals surface area contributed by atoms with Crippen LogP contribution in [0.1, 0.15) is 17.9 Å². The Morgan fingerprint density at radius 3 is 2.47 bits per heavy atom. The van der Waals surface area contributed by atoms with Gasteiger partial charge in [0.15, 0.2) is 0 Å². The summed E-state index contributed by atoms with van der Waals surface area (Å²) in [6.07, 6.45) is -4.42. The Morgan fingerprint density at radius 2 is 1.95 bits per heavy atom. The summed E-state index contributed by atoms with van der Waals surface area (Å²) in [5, 5.41) is 0. The van der Waals surface area contributed by atoms with Crippen molar-refractivity contribution in [3.63, 3.8) is 0 Å². The van der Waals surface area contributed by atoms with Gasteiger partial charge in [0.2, 0.25) is 6.43 Å². The largest absolute Gasteiger partial charge is 0.463 e. The molecule has 0 saturated carbocycles. The zero-order valence-corrected chi connectivity index (χ0v) is 10.2. The highest BCUT2D eigenvalue weighted by molar-refractivity contribution is 5.73. The number of hydrogen-bond acceptors (Lipinski definition) is 3. The molecule has 1 aromatic carbocycles. The Hall–Kier alpha value is -1.72. The van der Waals surface area contributed by atoms with E-state index in [9.17, 15) is 13.2 Å². The minimum Gasteiger partial charge on any atom is -0.463 e. The van der Waals surface area contributed by atoms with Crippen LogP contribution in [0.2, 0.25) is 0 Å². The van der Waals surface area contributed by atoms with Crippen LogP contribution in [0.3, 0.4) is 0 Å². The summed E-state index contributed by atoms with van der Waals surface area (Å²) in [7, 11) is 0. The number of alkyl halides is 3. The van der Waals surface area contributed by atoms with Crippen LogP contribution in [0, 0.1) is 0 Å². The summed E-state index contributed by atoms with van der Waals surface area (Å²) in [6.45, 7) is 0.0117. The molecule has 0 bridgehead atoms. The van der Waals surface area contributed by atoms with E-state index < -0.39 is 24.6 Å². The number of rotatable bonds is 5. The Labute approximate surface area is 109 Å². The van der Waals surface area contributed by atoms with E-state index in [0.717, 1.165) is 0 Å². The highest BCUT2D eigenvalue weighted by atomic mass is 19.3. The predicted octanol–water partition coefficient (Wildman–Crippen LogP) is 2.48. The lowest BCUT2D eigenvalue weighted by molar-refractivity contribution is 0.0890. The average Bonchev–Trinajstić information content (AvgIpc) is 2.83. The first-order valence-electron chi connectivity index (χ1n) is 6.01. The third-order valence-electron chi connectivity index (χ3n) is 3.12. The lowest BCUT2D eigenvalue weighted by Gasteiger charge is -2.20. The molecule has 1 aliphatic heterocycles. The van der Waals surface area contributed by atoms with Gasteiger partial charge < -0.3 is 10.5 Å². The SMILES string of the molecule is NC1=N[C@H](C(F)CC(c2ccccc2)C(F)F)CO1. The molecule has 6 heteroatoms. The molecule has 0 amide bonds. The topological polar surface area (TPSA) is 47.6 Å². The molecular weight excluding hydrogens is 257 g/mol.